The fourth-order valence-corrected chi connectivity index (χ4v) is 4.91. The standard InChI is InChI=1S/C27H28N2O7S/c1-3-34-22-13-18(9-10-21(22)36-17-25(31)35-4-2)14-23-26(32)29(27(33)37-23)16-24(30)28-12-11-19-7-5-6-8-20(19)15-28/h5-10,13-14H,3-4,11-12,15-17H2,1-2H3/b23-14-. The SMILES string of the molecule is CCOC(=O)COc1ccc(/C=C2\SC(=O)N(CC(=O)N3CCc4ccccc4C3)C2=O)cc1OCC. The zero-order chi connectivity index (χ0) is 26.4. The molecule has 0 atom stereocenters. The van der Waals surface area contributed by atoms with Crippen molar-refractivity contribution >= 4 is 40.9 Å². The zero-order valence-corrected chi connectivity index (χ0v) is 21.5. The molecule has 0 bridgehead atoms. The first-order valence-corrected chi connectivity index (χ1v) is 12.9. The Labute approximate surface area is 219 Å². The minimum Gasteiger partial charge on any atom is -0.490 e. The molecule has 0 N–H and O–H groups in total. The number of hydrogen-bond acceptors (Lipinski definition) is 8. The van der Waals surface area contributed by atoms with Gasteiger partial charge < -0.3 is 19.1 Å². The minimum atomic E-state index is -0.513. The van der Waals surface area contributed by atoms with Gasteiger partial charge in [0.25, 0.3) is 11.1 Å². The lowest BCUT2D eigenvalue weighted by Crippen LogP contribution is -2.44. The Morgan fingerprint density at radius 1 is 1.00 bits per heavy atom. The Hall–Kier alpha value is -3.79. The lowest BCUT2D eigenvalue weighted by Gasteiger charge is -2.29. The van der Waals surface area contributed by atoms with Gasteiger partial charge in [-0.15, -0.1) is 0 Å². The van der Waals surface area contributed by atoms with E-state index >= 15 is 0 Å². The number of thioether (sulfide) groups is 1. The highest BCUT2D eigenvalue weighted by Crippen LogP contribution is 2.35. The molecular weight excluding hydrogens is 496 g/mol. The van der Waals surface area contributed by atoms with E-state index in [1.807, 2.05) is 25.1 Å². The van der Waals surface area contributed by atoms with E-state index in [1.54, 1.807) is 36.1 Å². The number of carbonyl (C=O) groups excluding carboxylic acids is 4. The minimum absolute atomic E-state index is 0.212. The zero-order valence-electron chi connectivity index (χ0n) is 20.7. The van der Waals surface area contributed by atoms with E-state index in [4.69, 9.17) is 14.2 Å². The van der Waals surface area contributed by atoms with E-state index in [2.05, 4.69) is 6.07 Å². The molecule has 0 unspecified atom stereocenters. The number of carbonyl (C=O) groups is 4. The molecule has 0 spiro atoms. The quantitative estimate of drug-likeness (QED) is 0.362. The van der Waals surface area contributed by atoms with E-state index in [-0.39, 0.29) is 30.6 Å². The molecule has 0 aliphatic carbocycles. The number of ether oxygens (including phenoxy) is 3. The van der Waals surface area contributed by atoms with Crippen molar-refractivity contribution in [1.29, 1.82) is 0 Å². The normalized spacial score (nSPS) is 16.1. The second-order valence-corrected chi connectivity index (χ2v) is 9.33. The first-order chi connectivity index (χ1) is 17.9. The first kappa shape index (κ1) is 26.3. The van der Waals surface area contributed by atoms with Gasteiger partial charge >= 0.3 is 5.97 Å². The molecule has 0 aromatic heterocycles. The summed E-state index contributed by atoms with van der Waals surface area (Å²) in [6, 6.07) is 12.9. The maximum Gasteiger partial charge on any atom is 0.344 e. The van der Waals surface area contributed by atoms with Crippen LogP contribution in [0.5, 0.6) is 11.5 Å². The van der Waals surface area contributed by atoms with Crippen molar-refractivity contribution in [3.05, 3.63) is 64.1 Å². The molecule has 0 saturated carbocycles. The number of imide groups is 1. The van der Waals surface area contributed by atoms with Crippen molar-refractivity contribution in [1.82, 2.24) is 9.80 Å². The molecule has 4 rings (SSSR count). The second kappa shape index (κ2) is 12.0. The average Bonchev–Trinajstić information content (AvgIpc) is 3.15. The fourth-order valence-electron chi connectivity index (χ4n) is 4.07. The van der Waals surface area contributed by atoms with Crippen molar-refractivity contribution < 1.29 is 33.4 Å². The van der Waals surface area contributed by atoms with Gasteiger partial charge in [-0.05, 0) is 66.9 Å². The van der Waals surface area contributed by atoms with Crippen LogP contribution in [0, 0.1) is 0 Å². The number of nitrogens with zero attached hydrogens (tertiary/aromatic N) is 2. The molecule has 37 heavy (non-hydrogen) atoms. The van der Waals surface area contributed by atoms with Crippen molar-refractivity contribution in [2.45, 2.75) is 26.8 Å². The van der Waals surface area contributed by atoms with Crippen LogP contribution >= 0.6 is 11.8 Å². The molecule has 1 fully saturated rings. The average molecular weight is 525 g/mol. The van der Waals surface area contributed by atoms with Gasteiger partial charge in [-0.1, -0.05) is 30.3 Å². The molecule has 2 aliphatic rings. The summed E-state index contributed by atoms with van der Waals surface area (Å²) in [7, 11) is 0. The lowest BCUT2D eigenvalue weighted by atomic mass is 10.00. The van der Waals surface area contributed by atoms with Crippen LogP contribution in [0.4, 0.5) is 4.79 Å². The fraction of sp³-hybridized carbons (Fsp3) is 0.333. The Bertz CT molecular complexity index is 1240. The van der Waals surface area contributed by atoms with Crippen LogP contribution in [-0.2, 0) is 32.1 Å². The van der Waals surface area contributed by atoms with Crippen LogP contribution in [0.25, 0.3) is 6.08 Å². The molecule has 2 heterocycles. The van der Waals surface area contributed by atoms with Crippen LogP contribution < -0.4 is 9.47 Å². The van der Waals surface area contributed by atoms with E-state index in [1.165, 1.54) is 5.56 Å². The second-order valence-electron chi connectivity index (χ2n) is 8.33. The molecule has 3 amide bonds. The molecule has 1 saturated heterocycles. The summed E-state index contributed by atoms with van der Waals surface area (Å²) in [5.41, 5.74) is 2.90. The molecule has 10 heteroatoms. The number of esters is 1. The molecule has 0 radical (unpaired) electrons. The molecule has 9 nitrogen and oxygen atoms in total. The van der Waals surface area contributed by atoms with Gasteiger partial charge in [0.1, 0.15) is 6.54 Å². The third-order valence-electron chi connectivity index (χ3n) is 5.87. The van der Waals surface area contributed by atoms with E-state index in [9.17, 15) is 19.2 Å². The van der Waals surface area contributed by atoms with E-state index < -0.39 is 17.1 Å². The number of amides is 3. The Morgan fingerprint density at radius 2 is 1.78 bits per heavy atom. The molecule has 2 aromatic carbocycles. The van der Waals surface area contributed by atoms with Crippen molar-refractivity contribution in [3.63, 3.8) is 0 Å². The number of rotatable bonds is 9. The molecule has 2 aliphatic heterocycles. The summed E-state index contributed by atoms with van der Waals surface area (Å²) >= 11 is 0.791. The summed E-state index contributed by atoms with van der Waals surface area (Å²) in [5.74, 6) is -0.527. The first-order valence-electron chi connectivity index (χ1n) is 12.0. The number of benzene rings is 2. The predicted molar refractivity (Wildman–Crippen MR) is 138 cm³/mol. The highest BCUT2D eigenvalue weighted by Gasteiger charge is 2.37. The molecule has 2 aromatic rings. The summed E-state index contributed by atoms with van der Waals surface area (Å²) in [6.07, 6.45) is 2.32. The van der Waals surface area contributed by atoms with Crippen LogP contribution in [-0.4, -0.2) is 65.7 Å². The smallest absolute Gasteiger partial charge is 0.344 e. The summed E-state index contributed by atoms with van der Waals surface area (Å²) in [4.78, 5) is 53.0. The van der Waals surface area contributed by atoms with Gasteiger partial charge in [0.2, 0.25) is 5.91 Å². The maximum absolute atomic E-state index is 13.0. The van der Waals surface area contributed by atoms with Crippen LogP contribution in [0.15, 0.2) is 47.4 Å². The number of hydrogen-bond donors (Lipinski definition) is 0. The number of fused-ring (bicyclic) bond motifs is 1. The van der Waals surface area contributed by atoms with E-state index in [0.29, 0.717) is 36.8 Å². The topological polar surface area (TPSA) is 102 Å². The summed E-state index contributed by atoms with van der Waals surface area (Å²) < 4.78 is 16.0. The van der Waals surface area contributed by atoms with Gasteiger partial charge in [-0.25, -0.2) is 4.79 Å². The van der Waals surface area contributed by atoms with Crippen molar-refractivity contribution in [2.75, 3.05) is 32.9 Å². The van der Waals surface area contributed by atoms with Crippen LogP contribution in [0.2, 0.25) is 0 Å². The van der Waals surface area contributed by atoms with Gasteiger partial charge in [-0.2, -0.15) is 0 Å². The highest BCUT2D eigenvalue weighted by molar-refractivity contribution is 8.18. The largest absolute Gasteiger partial charge is 0.490 e. The Kier molecular flexibility index (Phi) is 8.50. The monoisotopic (exact) mass is 524 g/mol. The Morgan fingerprint density at radius 3 is 2.54 bits per heavy atom. The van der Waals surface area contributed by atoms with Crippen molar-refractivity contribution in [3.8, 4) is 11.5 Å². The van der Waals surface area contributed by atoms with Crippen LogP contribution in [0.3, 0.4) is 0 Å². The maximum atomic E-state index is 13.0. The van der Waals surface area contributed by atoms with Crippen molar-refractivity contribution in [2.24, 2.45) is 0 Å². The third kappa shape index (κ3) is 6.32. The molecular formula is C27H28N2O7S. The van der Waals surface area contributed by atoms with Crippen LogP contribution in [0.1, 0.15) is 30.5 Å². The van der Waals surface area contributed by atoms with Gasteiger partial charge in [0.05, 0.1) is 18.1 Å². The van der Waals surface area contributed by atoms with Gasteiger partial charge in [0, 0.05) is 13.1 Å². The van der Waals surface area contributed by atoms with Gasteiger partial charge in [0.15, 0.2) is 18.1 Å². The van der Waals surface area contributed by atoms with Gasteiger partial charge in [-0.3, -0.25) is 19.3 Å². The highest BCUT2D eigenvalue weighted by atomic mass is 32.2. The third-order valence-corrected chi connectivity index (χ3v) is 6.77. The lowest BCUT2D eigenvalue weighted by molar-refractivity contribution is -0.145. The summed E-state index contributed by atoms with van der Waals surface area (Å²) in [5, 5.41) is -0.485. The predicted octanol–water partition coefficient (Wildman–Crippen LogP) is 3.65. The molecule has 194 valence electrons. The Balaban J connectivity index is 1.43. The summed E-state index contributed by atoms with van der Waals surface area (Å²) in [6.45, 7) is 4.59. The van der Waals surface area contributed by atoms with E-state index in [0.717, 1.165) is 28.6 Å².